The third kappa shape index (κ3) is 2.71. The van der Waals surface area contributed by atoms with Crippen LogP contribution in [0, 0.1) is 0 Å². The molecule has 112 valence electrons. The smallest absolute Gasteiger partial charge is 0.161 e. The lowest BCUT2D eigenvalue weighted by Gasteiger charge is -2.20. The first-order valence-electron chi connectivity index (χ1n) is 7.08. The van der Waals surface area contributed by atoms with Gasteiger partial charge in [-0.15, -0.1) is 10.2 Å². The molecule has 6 heteroatoms. The van der Waals surface area contributed by atoms with Gasteiger partial charge in [-0.2, -0.15) is 0 Å². The first-order valence-corrected chi connectivity index (χ1v) is 7.08. The van der Waals surface area contributed by atoms with Crippen molar-refractivity contribution in [3.8, 4) is 11.5 Å². The summed E-state index contributed by atoms with van der Waals surface area (Å²) in [5.74, 6) is 3.44. The largest absolute Gasteiger partial charge is 0.493 e. The summed E-state index contributed by atoms with van der Waals surface area (Å²) in [7, 11) is 3.27. The fourth-order valence-corrected chi connectivity index (χ4v) is 2.71. The normalized spacial score (nSPS) is 17.4. The van der Waals surface area contributed by atoms with Crippen molar-refractivity contribution in [2.45, 2.75) is 31.8 Å². The lowest BCUT2D eigenvalue weighted by Crippen LogP contribution is -2.32. The van der Waals surface area contributed by atoms with E-state index in [0.29, 0.717) is 6.42 Å². The van der Waals surface area contributed by atoms with Crippen molar-refractivity contribution in [2.75, 3.05) is 14.2 Å². The standard InChI is InChI=1S/C15H20N4O2/c1-20-12-5-3-10(7-13(12)21-2)8-15-18-17-14-6-4-11(16)9-19(14)15/h3,5,7,11H,4,6,8-9,16H2,1-2H3. The predicted molar refractivity (Wildman–Crippen MR) is 78.7 cm³/mol. The first kappa shape index (κ1) is 13.9. The summed E-state index contributed by atoms with van der Waals surface area (Å²) in [5.41, 5.74) is 7.15. The maximum absolute atomic E-state index is 6.04. The zero-order valence-corrected chi connectivity index (χ0v) is 12.4. The van der Waals surface area contributed by atoms with Gasteiger partial charge in [0.05, 0.1) is 14.2 Å². The molecule has 0 fully saturated rings. The minimum Gasteiger partial charge on any atom is -0.493 e. The monoisotopic (exact) mass is 288 g/mol. The number of methoxy groups -OCH3 is 2. The molecule has 0 spiro atoms. The maximum atomic E-state index is 6.04. The average Bonchev–Trinajstić information content (AvgIpc) is 2.89. The van der Waals surface area contributed by atoms with E-state index in [-0.39, 0.29) is 6.04 Å². The van der Waals surface area contributed by atoms with E-state index in [1.165, 1.54) is 0 Å². The number of benzene rings is 1. The summed E-state index contributed by atoms with van der Waals surface area (Å²) < 4.78 is 12.7. The van der Waals surface area contributed by atoms with E-state index >= 15 is 0 Å². The van der Waals surface area contributed by atoms with Crippen LogP contribution >= 0.6 is 0 Å². The Morgan fingerprint density at radius 3 is 2.81 bits per heavy atom. The zero-order valence-electron chi connectivity index (χ0n) is 12.4. The molecule has 3 rings (SSSR count). The fraction of sp³-hybridized carbons (Fsp3) is 0.467. The van der Waals surface area contributed by atoms with E-state index in [9.17, 15) is 0 Å². The summed E-state index contributed by atoms with van der Waals surface area (Å²) >= 11 is 0. The maximum Gasteiger partial charge on any atom is 0.161 e. The van der Waals surface area contributed by atoms with Gasteiger partial charge in [0.15, 0.2) is 11.5 Å². The summed E-state index contributed by atoms with van der Waals surface area (Å²) in [4.78, 5) is 0. The van der Waals surface area contributed by atoms with Crippen molar-refractivity contribution >= 4 is 0 Å². The first-order chi connectivity index (χ1) is 10.2. The summed E-state index contributed by atoms with van der Waals surface area (Å²) in [6.45, 7) is 0.797. The lowest BCUT2D eigenvalue weighted by molar-refractivity contribution is 0.354. The third-order valence-electron chi connectivity index (χ3n) is 3.87. The number of fused-ring (bicyclic) bond motifs is 1. The van der Waals surface area contributed by atoms with E-state index < -0.39 is 0 Å². The molecule has 1 unspecified atom stereocenters. The van der Waals surface area contributed by atoms with Gasteiger partial charge >= 0.3 is 0 Å². The van der Waals surface area contributed by atoms with Gasteiger partial charge in [0.2, 0.25) is 0 Å². The van der Waals surface area contributed by atoms with E-state index in [2.05, 4.69) is 14.8 Å². The Bertz CT molecular complexity index is 639. The quantitative estimate of drug-likeness (QED) is 0.913. The van der Waals surface area contributed by atoms with E-state index in [4.69, 9.17) is 15.2 Å². The molecule has 6 nitrogen and oxygen atoms in total. The Balaban J connectivity index is 1.86. The van der Waals surface area contributed by atoms with Gasteiger partial charge in [0.1, 0.15) is 11.6 Å². The van der Waals surface area contributed by atoms with Crippen LogP contribution in [0.15, 0.2) is 18.2 Å². The molecule has 1 atom stereocenters. The van der Waals surface area contributed by atoms with E-state index in [1.807, 2.05) is 18.2 Å². The molecule has 1 aliphatic heterocycles. The second-order valence-electron chi connectivity index (χ2n) is 5.31. The Morgan fingerprint density at radius 1 is 1.24 bits per heavy atom. The van der Waals surface area contributed by atoms with Crippen LogP contribution in [0.1, 0.15) is 23.6 Å². The van der Waals surface area contributed by atoms with Crippen molar-refractivity contribution in [3.05, 3.63) is 35.4 Å². The van der Waals surface area contributed by atoms with Gasteiger partial charge < -0.3 is 19.8 Å². The Kier molecular flexibility index (Phi) is 3.79. The molecule has 0 bridgehead atoms. The number of aromatic nitrogens is 3. The minimum absolute atomic E-state index is 0.192. The molecule has 2 heterocycles. The Hall–Kier alpha value is -2.08. The van der Waals surface area contributed by atoms with Crippen molar-refractivity contribution in [3.63, 3.8) is 0 Å². The van der Waals surface area contributed by atoms with Crippen LogP contribution in [0.2, 0.25) is 0 Å². The van der Waals surface area contributed by atoms with Crippen LogP contribution in [0.25, 0.3) is 0 Å². The molecule has 0 aliphatic carbocycles. The average molecular weight is 288 g/mol. The van der Waals surface area contributed by atoms with Gasteiger partial charge in [-0.3, -0.25) is 0 Å². The highest BCUT2D eigenvalue weighted by Crippen LogP contribution is 2.28. The molecule has 0 saturated carbocycles. The number of aryl methyl sites for hydroxylation is 1. The number of rotatable bonds is 4. The van der Waals surface area contributed by atoms with Crippen LogP contribution in [0.3, 0.4) is 0 Å². The van der Waals surface area contributed by atoms with Crippen molar-refractivity contribution < 1.29 is 9.47 Å². The molecule has 21 heavy (non-hydrogen) atoms. The third-order valence-corrected chi connectivity index (χ3v) is 3.87. The van der Waals surface area contributed by atoms with Crippen molar-refractivity contribution in [2.24, 2.45) is 5.73 Å². The predicted octanol–water partition coefficient (Wildman–Crippen LogP) is 1.16. The van der Waals surface area contributed by atoms with Gasteiger partial charge in [0.25, 0.3) is 0 Å². The lowest BCUT2D eigenvalue weighted by atomic mass is 10.1. The number of hydrogen-bond donors (Lipinski definition) is 1. The molecular weight excluding hydrogens is 268 g/mol. The van der Waals surface area contributed by atoms with Crippen LogP contribution in [0.5, 0.6) is 11.5 Å². The van der Waals surface area contributed by atoms with E-state index in [0.717, 1.165) is 48.1 Å². The minimum atomic E-state index is 0.192. The van der Waals surface area contributed by atoms with Crippen molar-refractivity contribution in [1.82, 2.24) is 14.8 Å². The van der Waals surface area contributed by atoms with Gasteiger partial charge in [-0.25, -0.2) is 0 Å². The highest BCUT2D eigenvalue weighted by molar-refractivity contribution is 5.43. The summed E-state index contributed by atoms with van der Waals surface area (Å²) in [6, 6.07) is 6.10. The Labute approximate surface area is 123 Å². The van der Waals surface area contributed by atoms with Crippen molar-refractivity contribution in [1.29, 1.82) is 0 Å². The molecule has 1 aliphatic rings. The fourth-order valence-electron chi connectivity index (χ4n) is 2.71. The van der Waals surface area contributed by atoms with Gasteiger partial charge in [-0.05, 0) is 24.1 Å². The van der Waals surface area contributed by atoms with Crippen LogP contribution in [-0.4, -0.2) is 35.0 Å². The molecule has 1 aromatic heterocycles. The van der Waals surface area contributed by atoms with Crippen LogP contribution < -0.4 is 15.2 Å². The molecule has 0 saturated heterocycles. The number of hydrogen-bond acceptors (Lipinski definition) is 5. The second kappa shape index (κ2) is 5.73. The van der Waals surface area contributed by atoms with Crippen LogP contribution in [-0.2, 0) is 19.4 Å². The zero-order chi connectivity index (χ0) is 14.8. The molecule has 0 radical (unpaired) electrons. The SMILES string of the molecule is COc1ccc(Cc2nnc3n2CC(N)CC3)cc1OC. The number of nitrogens with two attached hydrogens (primary N) is 1. The number of nitrogens with zero attached hydrogens (tertiary/aromatic N) is 3. The van der Waals surface area contributed by atoms with E-state index in [1.54, 1.807) is 14.2 Å². The second-order valence-corrected chi connectivity index (χ2v) is 5.31. The molecule has 2 N–H and O–H groups in total. The topological polar surface area (TPSA) is 75.2 Å². The number of ether oxygens (including phenoxy) is 2. The summed E-state index contributed by atoms with van der Waals surface area (Å²) in [6.07, 6.45) is 2.59. The Morgan fingerprint density at radius 2 is 2.05 bits per heavy atom. The molecule has 2 aromatic rings. The van der Waals surface area contributed by atoms with Crippen LogP contribution in [0.4, 0.5) is 0 Å². The highest BCUT2D eigenvalue weighted by atomic mass is 16.5. The molecule has 1 aromatic carbocycles. The van der Waals surface area contributed by atoms with Gasteiger partial charge in [-0.1, -0.05) is 6.07 Å². The molecule has 0 amide bonds. The van der Waals surface area contributed by atoms with Gasteiger partial charge in [0, 0.05) is 25.4 Å². The summed E-state index contributed by atoms with van der Waals surface area (Å²) in [5, 5.41) is 8.58. The molecular formula is C15H20N4O2. The highest BCUT2D eigenvalue weighted by Gasteiger charge is 2.20.